The van der Waals surface area contributed by atoms with E-state index in [1.165, 1.54) is 32.9 Å². The molecule has 1 aromatic carbocycles. The Kier molecular flexibility index (Phi) is 7.43. The molecule has 4 rings (SSSR count). The molecule has 1 aromatic heterocycles. The maximum atomic E-state index is 14.3. The third-order valence-electron chi connectivity index (χ3n) is 6.87. The van der Waals surface area contributed by atoms with Crippen molar-refractivity contribution in [3.63, 3.8) is 0 Å². The SMILES string of the molecule is CC(=O)N[C@@H](Cc1cccc(F)c1)[C@H](O)CN[C@H]1CC2(CCC2)Oc2cnc(CC(C)(C)F)cc21. The molecule has 1 fully saturated rings. The van der Waals surface area contributed by atoms with E-state index in [-0.39, 0.29) is 36.3 Å². The minimum Gasteiger partial charge on any atom is -0.485 e. The number of amides is 1. The standard InChI is InChI=1S/C27H35F2N3O3/c1-17(33)32-22(11-18-6-4-7-19(28)10-18)24(34)15-31-23-14-27(8-5-9-27)35-25-16-30-20(12-21(23)25)13-26(2,3)29/h4,6-7,10,12,16,22-24,31,34H,5,8-9,11,13-15H2,1-3H3,(H,32,33)/t22-,23-,24+/m0/s1. The molecule has 2 aliphatic rings. The van der Waals surface area contributed by atoms with Crippen molar-refractivity contribution in [1.29, 1.82) is 0 Å². The summed E-state index contributed by atoms with van der Waals surface area (Å²) in [5.74, 6) is 0.0727. The number of benzene rings is 1. The molecule has 0 bridgehead atoms. The van der Waals surface area contributed by atoms with Gasteiger partial charge in [-0.05, 0) is 63.3 Å². The van der Waals surface area contributed by atoms with Crippen molar-refractivity contribution in [2.75, 3.05) is 6.54 Å². The average molecular weight is 488 g/mol. The van der Waals surface area contributed by atoms with Crippen LogP contribution in [0.15, 0.2) is 36.5 Å². The van der Waals surface area contributed by atoms with Gasteiger partial charge in [0.05, 0.1) is 18.3 Å². The number of rotatable bonds is 9. The number of aliphatic hydroxyl groups is 1. The summed E-state index contributed by atoms with van der Waals surface area (Å²) in [5, 5.41) is 17.3. The fraction of sp³-hybridized carbons (Fsp3) is 0.556. The third-order valence-corrected chi connectivity index (χ3v) is 6.87. The number of aliphatic hydroxyl groups excluding tert-OH is 1. The van der Waals surface area contributed by atoms with Crippen LogP contribution in [0, 0.1) is 5.82 Å². The normalized spacial score (nSPS) is 20.3. The van der Waals surface area contributed by atoms with Crippen molar-refractivity contribution in [2.24, 2.45) is 0 Å². The topological polar surface area (TPSA) is 83.5 Å². The van der Waals surface area contributed by atoms with Crippen LogP contribution in [0.2, 0.25) is 0 Å². The van der Waals surface area contributed by atoms with Crippen molar-refractivity contribution < 1.29 is 23.4 Å². The van der Waals surface area contributed by atoms with Crippen molar-refractivity contribution in [3.05, 3.63) is 59.2 Å². The van der Waals surface area contributed by atoms with E-state index in [1.54, 1.807) is 18.3 Å². The number of carbonyl (C=O) groups excluding carboxylic acids is 1. The first-order chi connectivity index (χ1) is 16.5. The molecule has 0 radical (unpaired) electrons. The van der Waals surface area contributed by atoms with Crippen LogP contribution < -0.4 is 15.4 Å². The second-order valence-electron chi connectivity index (χ2n) is 10.6. The van der Waals surface area contributed by atoms with E-state index in [2.05, 4.69) is 15.6 Å². The summed E-state index contributed by atoms with van der Waals surface area (Å²) in [5.41, 5.74) is 0.631. The highest BCUT2D eigenvalue weighted by Crippen LogP contribution is 2.48. The van der Waals surface area contributed by atoms with Gasteiger partial charge in [-0.25, -0.2) is 8.78 Å². The number of hydrogen-bond acceptors (Lipinski definition) is 5. The molecule has 2 heterocycles. The Hall–Kier alpha value is -2.58. The van der Waals surface area contributed by atoms with Crippen molar-refractivity contribution in [2.45, 2.75) is 88.8 Å². The summed E-state index contributed by atoms with van der Waals surface area (Å²) >= 11 is 0. The number of fused-ring (bicyclic) bond motifs is 1. The van der Waals surface area contributed by atoms with Crippen LogP contribution in [0.1, 0.15) is 69.3 Å². The summed E-state index contributed by atoms with van der Waals surface area (Å²) in [7, 11) is 0. The maximum Gasteiger partial charge on any atom is 0.217 e. The lowest BCUT2D eigenvalue weighted by Gasteiger charge is -2.48. The lowest BCUT2D eigenvalue weighted by Crippen LogP contribution is -2.52. The summed E-state index contributed by atoms with van der Waals surface area (Å²) < 4.78 is 34.2. The van der Waals surface area contributed by atoms with E-state index in [1.807, 2.05) is 6.07 Å². The van der Waals surface area contributed by atoms with Gasteiger partial charge in [0.25, 0.3) is 0 Å². The Balaban J connectivity index is 1.50. The van der Waals surface area contributed by atoms with Gasteiger partial charge < -0.3 is 20.5 Å². The van der Waals surface area contributed by atoms with Crippen molar-refractivity contribution in [1.82, 2.24) is 15.6 Å². The molecule has 8 heteroatoms. The molecule has 1 aliphatic heterocycles. The summed E-state index contributed by atoms with van der Waals surface area (Å²) in [4.78, 5) is 16.2. The molecule has 1 aliphatic carbocycles. The van der Waals surface area contributed by atoms with Crippen LogP contribution in [0.3, 0.4) is 0 Å². The quantitative estimate of drug-likeness (QED) is 0.499. The number of aromatic nitrogens is 1. The molecule has 3 atom stereocenters. The van der Waals surface area contributed by atoms with Gasteiger partial charge >= 0.3 is 0 Å². The Labute approximate surface area is 205 Å². The van der Waals surface area contributed by atoms with E-state index in [4.69, 9.17) is 4.74 Å². The molecule has 35 heavy (non-hydrogen) atoms. The third kappa shape index (κ3) is 6.55. The maximum absolute atomic E-state index is 14.3. The predicted octanol–water partition coefficient (Wildman–Crippen LogP) is 3.96. The zero-order valence-corrected chi connectivity index (χ0v) is 20.6. The highest BCUT2D eigenvalue weighted by molar-refractivity contribution is 5.73. The van der Waals surface area contributed by atoms with Gasteiger partial charge in [-0.1, -0.05) is 12.1 Å². The fourth-order valence-corrected chi connectivity index (χ4v) is 5.07. The lowest BCUT2D eigenvalue weighted by molar-refractivity contribution is -0.120. The largest absolute Gasteiger partial charge is 0.485 e. The van der Waals surface area contributed by atoms with E-state index in [0.717, 1.165) is 31.2 Å². The van der Waals surface area contributed by atoms with E-state index in [9.17, 15) is 18.7 Å². The van der Waals surface area contributed by atoms with E-state index < -0.39 is 17.8 Å². The summed E-state index contributed by atoms with van der Waals surface area (Å²) in [6.07, 6.45) is 5.03. The van der Waals surface area contributed by atoms with Gasteiger partial charge in [0.2, 0.25) is 5.91 Å². The Morgan fingerprint density at radius 1 is 1.34 bits per heavy atom. The molecule has 1 amide bonds. The fourth-order valence-electron chi connectivity index (χ4n) is 5.07. The highest BCUT2D eigenvalue weighted by atomic mass is 19.1. The first-order valence-electron chi connectivity index (χ1n) is 12.3. The van der Waals surface area contributed by atoms with Crippen molar-refractivity contribution >= 4 is 5.91 Å². The molecule has 0 saturated heterocycles. The van der Waals surface area contributed by atoms with Crippen molar-refractivity contribution in [3.8, 4) is 5.75 Å². The molecule has 190 valence electrons. The minimum atomic E-state index is -1.38. The molecule has 1 spiro atoms. The number of carbonyl (C=O) groups is 1. The second kappa shape index (κ2) is 10.2. The molecule has 0 unspecified atom stereocenters. The van der Waals surface area contributed by atoms with Crippen LogP contribution in [0.4, 0.5) is 8.78 Å². The Morgan fingerprint density at radius 2 is 2.11 bits per heavy atom. The van der Waals surface area contributed by atoms with Crippen LogP contribution in [0.25, 0.3) is 0 Å². The number of pyridine rings is 1. The lowest BCUT2D eigenvalue weighted by atomic mass is 9.73. The first kappa shape index (κ1) is 25.5. The van der Waals surface area contributed by atoms with Gasteiger partial charge in [0, 0.05) is 43.6 Å². The van der Waals surface area contributed by atoms with Crippen LogP contribution in [0.5, 0.6) is 5.75 Å². The second-order valence-corrected chi connectivity index (χ2v) is 10.6. The van der Waals surface area contributed by atoms with E-state index >= 15 is 0 Å². The number of nitrogens with zero attached hydrogens (tertiary/aromatic N) is 1. The van der Waals surface area contributed by atoms with Crippen LogP contribution in [-0.4, -0.2) is 46.0 Å². The van der Waals surface area contributed by atoms with Crippen LogP contribution >= 0.6 is 0 Å². The molecule has 3 N–H and O–H groups in total. The first-order valence-corrected chi connectivity index (χ1v) is 12.3. The van der Waals surface area contributed by atoms with Gasteiger partial charge in [-0.2, -0.15) is 0 Å². The number of halogens is 2. The Morgan fingerprint density at radius 3 is 2.74 bits per heavy atom. The number of alkyl halides is 1. The number of ether oxygens (including phenoxy) is 1. The number of hydrogen-bond donors (Lipinski definition) is 3. The molecular formula is C27H35F2N3O3. The highest BCUT2D eigenvalue weighted by Gasteiger charge is 2.46. The van der Waals surface area contributed by atoms with Gasteiger partial charge in [-0.3, -0.25) is 9.78 Å². The average Bonchev–Trinajstić information content (AvgIpc) is 2.74. The van der Waals surface area contributed by atoms with Crippen LogP contribution in [-0.2, 0) is 17.6 Å². The van der Waals surface area contributed by atoms with E-state index in [0.29, 0.717) is 23.4 Å². The molecule has 6 nitrogen and oxygen atoms in total. The van der Waals surface area contributed by atoms with Gasteiger partial charge in [0.1, 0.15) is 22.8 Å². The molecular weight excluding hydrogens is 452 g/mol. The number of nitrogens with one attached hydrogen (secondary N) is 2. The zero-order chi connectivity index (χ0) is 25.2. The smallest absolute Gasteiger partial charge is 0.217 e. The minimum absolute atomic E-state index is 0.106. The van der Waals surface area contributed by atoms with Gasteiger partial charge in [-0.15, -0.1) is 0 Å². The zero-order valence-electron chi connectivity index (χ0n) is 20.6. The Bertz CT molecular complexity index is 1050. The predicted molar refractivity (Wildman–Crippen MR) is 129 cm³/mol. The monoisotopic (exact) mass is 487 g/mol. The van der Waals surface area contributed by atoms with Gasteiger partial charge in [0.15, 0.2) is 0 Å². The molecule has 1 saturated carbocycles. The molecule has 2 aromatic rings. The summed E-state index contributed by atoms with van der Waals surface area (Å²) in [6, 6.07) is 7.36. The summed E-state index contributed by atoms with van der Waals surface area (Å²) in [6.45, 7) is 4.67.